The third kappa shape index (κ3) is 2.41. The number of ether oxygens (including phenoxy) is 1. The number of hydrogen-bond donors (Lipinski definition) is 2. The summed E-state index contributed by atoms with van der Waals surface area (Å²) in [5.41, 5.74) is -1.78. The number of aliphatic hydroxyl groups excluding tert-OH is 1. The molecular formula is C9H8Br2F2N2O4. The number of aliphatic hydroxyl groups is 1. The maximum atomic E-state index is 13.9. The van der Waals surface area contributed by atoms with Gasteiger partial charge in [0.15, 0.2) is 0 Å². The van der Waals surface area contributed by atoms with E-state index in [1.807, 2.05) is 4.98 Å². The minimum atomic E-state index is -3.65. The molecule has 1 fully saturated rings. The Hall–Kier alpha value is -0.580. The Kier molecular flexibility index (Phi) is 3.96. The summed E-state index contributed by atoms with van der Waals surface area (Å²) in [5, 5.41) is 9.44. The predicted molar refractivity (Wildman–Crippen MR) is 67.7 cm³/mol. The summed E-state index contributed by atoms with van der Waals surface area (Å²) in [4.78, 5) is 24.6. The minimum absolute atomic E-state index is 0.0144. The molecule has 0 aromatic carbocycles. The summed E-state index contributed by atoms with van der Waals surface area (Å²) in [7, 11) is 0. The lowest BCUT2D eigenvalue weighted by Gasteiger charge is -2.21. The van der Waals surface area contributed by atoms with E-state index in [1.165, 1.54) is 0 Å². The molecular weight excluding hydrogens is 398 g/mol. The fourth-order valence-electron chi connectivity index (χ4n) is 1.73. The molecule has 1 aliphatic heterocycles. The Morgan fingerprint density at radius 3 is 2.68 bits per heavy atom. The Morgan fingerprint density at radius 2 is 2.16 bits per heavy atom. The number of halogens is 4. The quantitative estimate of drug-likeness (QED) is 0.705. The highest BCUT2D eigenvalue weighted by molar-refractivity contribution is 9.10. The standard InChI is InChI=1S/C9H8Br2F2N2O4/c10-1-4-5(16)9(12,13)7(19-4)15-2-3(11)6(17)14-8(15)18/h2,4-5,7,16H,1H2,(H,14,17,18)/t4-,5-,7-/m1/s1. The van der Waals surface area contributed by atoms with Gasteiger partial charge in [-0.3, -0.25) is 14.3 Å². The number of aromatic nitrogens is 2. The molecule has 0 aliphatic carbocycles. The maximum absolute atomic E-state index is 13.9. The van der Waals surface area contributed by atoms with Crippen molar-refractivity contribution in [3.63, 3.8) is 0 Å². The van der Waals surface area contributed by atoms with Gasteiger partial charge in [-0.1, -0.05) is 15.9 Å². The highest BCUT2D eigenvalue weighted by Crippen LogP contribution is 2.42. The van der Waals surface area contributed by atoms with Gasteiger partial charge in [-0.15, -0.1) is 0 Å². The van der Waals surface area contributed by atoms with Gasteiger partial charge >= 0.3 is 11.6 Å². The van der Waals surface area contributed by atoms with Crippen molar-refractivity contribution in [1.82, 2.24) is 9.55 Å². The highest BCUT2D eigenvalue weighted by atomic mass is 79.9. The van der Waals surface area contributed by atoms with Crippen LogP contribution in [0.5, 0.6) is 0 Å². The number of nitrogens with zero attached hydrogens (tertiary/aromatic N) is 1. The zero-order valence-electron chi connectivity index (χ0n) is 9.15. The lowest BCUT2D eigenvalue weighted by molar-refractivity contribution is -0.140. The van der Waals surface area contributed by atoms with E-state index in [0.29, 0.717) is 4.57 Å². The van der Waals surface area contributed by atoms with Crippen molar-refractivity contribution >= 4 is 31.9 Å². The summed E-state index contributed by atoms with van der Waals surface area (Å²) in [6.45, 7) is 0. The van der Waals surface area contributed by atoms with Crippen molar-refractivity contribution in [2.75, 3.05) is 5.33 Å². The van der Waals surface area contributed by atoms with Gasteiger partial charge in [0.1, 0.15) is 12.2 Å². The maximum Gasteiger partial charge on any atom is 0.330 e. The van der Waals surface area contributed by atoms with Gasteiger partial charge in [-0.25, -0.2) is 4.79 Å². The molecule has 2 heterocycles. The predicted octanol–water partition coefficient (Wildman–Crippen LogP) is 0.588. The summed E-state index contributed by atoms with van der Waals surface area (Å²) in [6, 6.07) is 0. The molecule has 0 saturated carbocycles. The summed E-state index contributed by atoms with van der Waals surface area (Å²) >= 11 is 5.78. The largest absolute Gasteiger partial charge is 0.384 e. The van der Waals surface area contributed by atoms with Crippen molar-refractivity contribution in [2.24, 2.45) is 0 Å². The lowest BCUT2D eigenvalue weighted by Crippen LogP contribution is -2.42. The zero-order valence-corrected chi connectivity index (χ0v) is 12.3. The van der Waals surface area contributed by atoms with E-state index in [2.05, 4.69) is 31.9 Å². The SMILES string of the molecule is O=c1[nH]c(=O)n([C@@H]2O[C@H](CBr)[C@@H](O)C2(F)F)cc1Br. The summed E-state index contributed by atoms with van der Waals surface area (Å²) in [6.07, 6.45) is -4.28. The molecule has 1 saturated heterocycles. The second-order valence-electron chi connectivity index (χ2n) is 3.94. The molecule has 10 heteroatoms. The summed E-state index contributed by atoms with van der Waals surface area (Å²) in [5.74, 6) is -3.65. The van der Waals surface area contributed by atoms with E-state index in [0.717, 1.165) is 6.20 Å². The van der Waals surface area contributed by atoms with E-state index < -0.39 is 35.6 Å². The number of H-pyrrole nitrogens is 1. The Labute approximate surface area is 121 Å². The topological polar surface area (TPSA) is 84.3 Å². The number of nitrogens with one attached hydrogen (secondary N) is 1. The first kappa shape index (κ1) is 14.8. The van der Waals surface area contributed by atoms with Crippen LogP contribution in [-0.4, -0.2) is 38.1 Å². The van der Waals surface area contributed by atoms with E-state index >= 15 is 0 Å². The van der Waals surface area contributed by atoms with Crippen molar-refractivity contribution in [1.29, 1.82) is 0 Å². The van der Waals surface area contributed by atoms with Gasteiger partial charge < -0.3 is 9.84 Å². The van der Waals surface area contributed by atoms with Crippen LogP contribution in [0.25, 0.3) is 0 Å². The minimum Gasteiger partial charge on any atom is -0.384 e. The molecule has 0 bridgehead atoms. The fourth-order valence-corrected chi connectivity index (χ4v) is 2.56. The van der Waals surface area contributed by atoms with Gasteiger partial charge in [0.05, 0.1) is 4.47 Å². The summed E-state index contributed by atoms with van der Waals surface area (Å²) < 4.78 is 33.2. The smallest absolute Gasteiger partial charge is 0.330 e. The molecule has 19 heavy (non-hydrogen) atoms. The molecule has 1 aromatic heterocycles. The second-order valence-corrected chi connectivity index (χ2v) is 5.45. The van der Waals surface area contributed by atoms with E-state index in [-0.39, 0.29) is 9.80 Å². The van der Waals surface area contributed by atoms with Crippen LogP contribution in [0.2, 0.25) is 0 Å². The van der Waals surface area contributed by atoms with Crippen LogP contribution in [0.1, 0.15) is 6.23 Å². The molecule has 0 unspecified atom stereocenters. The number of hydrogen-bond acceptors (Lipinski definition) is 4. The fraction of sp³-hybridized carbons (Fsp3) is 0.556. The third-order valence-electron chi connectivity index (χ3n) is 2.71. The average molecular weight is 406 g/mol. The van der Waals surface area contributed by atoms with Crippen LogP contribution in [0.3, 0.4) is 0 Å². The number of rotatable bonds is 2. The zero-order chi connectivity index (χ0) is 14.4. The van der Waals surface area contributed by atoms with Crippen LogP contribution in [0.4, 0.5) is 8.78 Å². The van der Waals surface area contributed by atoms with Gasteiger partial charge in [-0.05, 0) is 15.9 Å². The molecule has 2 N–H and O–H groups in total. The van der Waals surface area contributed by atoms with Crippen LogP contribution in [-0.2, 0) is 4.74 Å². The second kappa shape index (κ2) is 5.08. The van der Waals surface area contributed by atoms with Crippen molar-refractivity contribution in [3.05, 3.63) is 31.5 Å². The lowest BCUT2D eigenvalue weighted by atomic mass is 10.1. The van der Waals surface area contributed by atoms with Gasteiger partial charge in [0, 0.05) is 11.5 Å². The molecule has 2 rings (SSSR count). The van der Waals surface area contributed by atoms with Gasteiger partial charge in [0.25, 0.3) is 5.56 Å². The monoisotopic (exact) mass is 404 g/mol. The normalized spacial score (nSPS) is 29.6. The van der Waals surface area contributed by atoms with E-state index in [1.54, 1.807) is 0 Å². The number of aromatic amines is 1. The van der Waals surface area contributed by atoms with Gasteiger partial charge in [0.2, 0.25) is 6.23 Å². The van der Waals surface area contributed by atoms with E-state index in [9.17, 15) is 23.5 Å². The first-order valence-corrected chi connectivity index (χ1v) is 6.98. The third-order valence-corrected chi connectivity index (χ3v) is 3.91. The highest BCUT2D eigenvalue weighted by Gasteiger charge is 2.59. The molecule has 0 amide bonds. The molecule has 1 aromatic rings. The molecule has 106 valence electrons. The van der Waals surface area contributed by atoms with Crippen molar-refractivity contribution in [2.45, 2.75) is 24.4 Å². The molecule has 0 radical (unpaired) electrons. The van der Waals surface area contributed by atoms with Crippen LogP contribution in [0, 0.1) is 0 Å². The number of alkyl halides is 3. The average Bonchev–Trinajstić information content (AvgIpc) is 2.56. The first-order valence-electron chi connectivity index (χ1n) is 5.07. The Bertz CT molecular complexity index is 603. The van der Waals surface area contributed by atoms with Crippen molar-refractivity contribution in [3.8, 4) is 0 Å². The van der Waals surface area contributed by atoms with Gasteiger partial charge in [-0.2, -0.15) is 8.78 Å². The first-order chi connectivity index (χ1) is 8.78. The van der Waals surface area contributed by atoms with E-state index in [4.69, 9.17) is 4.74 Å². The Balaban J connectivity index is 2.51. The van der Waals surface area contributed by atoms with Crippen molar-refractivity contribution < 1.29 is 18.6 Å². The van der Waals surface area contributed by atoms with Crippen LogP contribution in [0.15, 0.2) is 20.3 Å². The Morgan fingerprint density at radius 1 is 1.53 bits per heavy atom. The molecule has 3 atom stereocenters. The molecule has 6 nitrogen and oxygen atoms in total. The molecule has 1 aliphatic rings. The van der Waals surface area contributed by atoms with Crippen LogP contribution < -0.4 is 11.2 Å². The van der Waals surface area contributed by atoms with Crippen LogP contribution >= 0.6 is 31.9 Å². The molecule has 0 spiro atoms.